The van der Waals surface area contributed by atoms with Gasteiger partial charge < -0.3 is 14.3 Å². The van der Waals surface area contributed by atoms with Crippen molar-refractivity contribution in [3.8, 4) is 5.75 Å². The monoisotopic (exact) mass is 588 g/mol. The molecule has 38 heavy (non-hydrogen) atoms. The fourth-order valence-corrected chi connectivity index (χ4v) is 6.52. The molecule has 0 fully saturated rings. The van der Waals surface area contributed by atoms with Crippen LogP contribution in [0.2, 0.25) is 0 Å². The van der Waals surface area contributed by atoms with E-state index in [1.54, 1.807) is 24.3 Å². The Morgan fingerprint density at radius 2 is 1.92 bits per heavy atom. The fraction of sp³-hybridized carbons (Fsp3) is 0.138. The van der Waals surface area contributed by atoms with Gasteiger partial charge in [-0.15, -0.1) is 0 Å². The zero-order valence-electron chi connectivity index (χ0n) is 20.6. The van der Waals surface area contributed by atoms with Crippen LogP contribution in [0.25, 0.3) is 21.2 Å². The lowest BCUT2D eigenvalue weighted by atomic mass is 9.95. The highest BCUT2D eigenvalue weighted by Gasteiger charge is 2.46. The average Bonchev–Trinajstić information content (AvgIpc) is 3.58. The van der Waals surface area contributed by atoms with Crippen molar-refractivity contribution in [3.63, 3.8) is 0 Å². The summed E-state index contributed by atoms with van der Waals surface area (Å²) < 4.78 is 13.0. The molecule has 0 spiro atoms. The number of fused-ring (bicyclic) bond motifs is 2. The van der Waals surface area contributed by atoms with Crippen LogP contribution in [0.15, 0.2) is 80.9 Å². The molecule has 1 amide bonds. The number of furan rings is 1. The summed E-state index contributed by atoms with van der Waals surface area (Å²) in [4.78, 5) is 33.7. The second-order valence-electron chi connectivity index (χ2n) is 9.14. The molecule has 0 bridgehead atoms. The van der Waals surface area contributed by atoms with Crippen LogP contribution in [0.1, 0.15) is 33.3 Å². The van der Waals surface area contributed by atoms with Crippen LogP contribution < -0.4 is 9.64 Å². The van der Waals surface area contributed by atoms with E-state index in [1.165, 1.54) is 23.3 Å². The predicted octanol–water partition coefficient (Wildman–Crippen LogP) is 7.21. The molecule has 0 saturated heterocycles. The summed E-state index contributed by atoms with van der Waals surface area (Å²) in [6.07, 6.45) is 0. The summed E-state index contributed by atoms with van der Waals surface area (Å²) in [6, 6.07) is 17.4. The smallest absolute Gasteiger partial charge is 0.296 e. The molecule has 3 aromatic carbocycles. The number of carbonyl (C=O) groups is 2. The number of carbonyl (C=O) groups excluding carboxylic acids is 2. The first-order valence-electron chi connectivity index (χ1n) is 11.8. The molecule has 9 heteroatoms. The lowest BCUT2D eigenvalue weighted by Gasteiger charge is -2.24. The van der Waals surface area contributed by atoms with Crippen LogP contribution in [0.5, 0.6) is 5.75 Å². The van der Waals surface area contributed by atoms with Crippen molar-refractivity contribution >= 4 is 65.3 Å². The Balaban J connectivity index is 1.52. The highest BCUT2D eigenvalue weighted by Crippen LogP contribution is 2.45. The summed E-state index contributed by atoms with van der Waals surface area (Å²) in [5.74, 6) is -1.43. The number of ether oxygens (including phenoxy) is 1. The highest BCUT2D eigenvalue weighted by atomic mass is 79.9. The molecule has 190 valence electrons. The van der Waals surface area contributed by atoms with Crippen molar-refractivity contribution < 1.29 is 23.8 Å². The van der Waals surface area contributed by atoms with Crippen LogP contribution >= 0.6 is 27.3 Å². The van der Waals surface area contributed by atoms with E-state index in [9.17, 15) is 14.7 Å². The molecule has 7 nitrogen and oxygen atoms in total. The standard InChI is InChI=1S/C29H21BrN2O5S/c1-14-10-15(2)23-21(11-14)38-29(31-23)32-24(16-6-4-8-18(30)12-16)22(26(34)28(32)35)25(33)20-13-17-7-5-9-19(36-3)27(17)37-20/h4-13,24,34H,1-3H3. The van der Waals surface area contributed by atoms with Gasteiger partial charge in [-0.25, -0.2) is 4.98 Å². The number of anilines is 1. The number of Topliss-reactive ketones (excluding diaryl/α,β-unsaturated/α-hetero) is 1. The zero-order valence-corrected chi connectivity index (χ0v) is 23.0. The number of nitrogens with zero attached hydrogens (tertiary/aromatic N) is 2. The number of thiazole rings is 1. The van der Waals surface area contributed by atoms with E-state index in [1.807, 2.05) is 50.2 Å². The molecular weight excluding hydrogens is 568 g/mol. The molecular formula is C29H21BrN2O5S. The zero-order chi connectivity index (χ0) is 26.7. The molecule has 1 aliphatic rings. The Hall–Kier alpha value is -3.95. The maximum Gasteiger partial charge on any atom is 0.296 e. The summed E-state index contributed by atoms with van der Waals surface area (Å²) in [7, 11) is 1.52. The molecule has 6 rings (SSSR count). The number of benzene rings is 3. The first kappa shape index (κ1) is 24.4. The molecule has 1 unspecified atom stereocenters. The molecule has 1 N–H and O–H groups in total. The van der Waals surface area contributed by atoms with E-state index in [2.05, 4.69) is 15.9 Å². The molecule has 0 aliphatic carbocycles. The van der Waals surface area contributed by atoms with Gasteiger partial charge in [0.1, 0.15) is 0 Å². The predicted molar refractivity (Wildman–Crippen MR) is 150 cm³/mol. The lowest BCUT2D eigenvalue weighted by molar-refractivity contribution is -0.117. The molecule has 1 atom stereocenters. The van der Waals surface area contributed by atoms with E-state index in [0.29, 0.717) is 27.4 Å². The first-order chi connectivity index (χ1) is 18.3. The van der Waals surface area contributed by atoms with Gasteiger partial charge in [0.2, 0.25) is 5.78 Å². The number of aliphatic hydroxyl groups excluding tert-OH is 1. The Bertz CT molecular complexity index is 1820. The van der Waals surface area contributed by atoms with Crippen molar-refractivity contribution in [2.24, 2.45) is 0 Å². The summed E-state index contributed by atoms with van der Waals surface area (Å²) in [5.41, 5.74) is 3.83. The number of hydrogen-bond donors (Lipinski definition) is 1. The minimum absolute atomic E-state index is 0.00327. The van der Waals surface area contributed by atoms with Crippen LogP contribution in [0.4, 0.5) is 5.13 Å². The third kappa shape index (κ3) is 3.81. The minimum atomic E-state index is -0.912. The average molecular weight is 589 g/mol. The van der Waals surface area contributed by atoms with Crippen LogP contribution in [0, 0.1) is 13.8 Å². The highest BCUT2D eigenvalue weighted by molar-refractivity contribution is 9.10. The maximum atomic E-state index is 13.9. The number of hydrogen-bond acceptors (Lipinski definition) is 7. The van der Waals surface area contributed by atoms with Crippen molar-refractivity contribution in [1.82, 2.24) is 4.98 Å². The van der Waals surface area contributed by atoms with Gasteiger partial charge in [0, 0.05) is 9.86 Å². The number of para-hydroxylation sites is 1. The summed E-state index contributed by atoms with van der Waals surface area (Å²) in [5, 5.41) is 12.2. The molecule has 0 saturated carbocycles. The number of ketones is 1. The number of rotatable bonds is 5. The number of halogens is 1. The number of aryl methyl sites for hydroxylation is 2. The van der Waals surface area contributed by atoms with Crippen molar-refractivity contribution in [2.75, 3.05) is 12.0 Å². The quantitative estimate of drug-likeness (QED) is 0.218. The molecule has 2 aromatic heterocycles. The maximum absolute atomic E-state index is 13.9. The van der Waals surface area contributed by atoms with Gasteiger partial charge in [0.15, 0.2) is 28.0 Å². The topological polar surface area (TPSA) is 92.9 Å². The minimum Gasteiger partial charge on any atom is -0.503 e. The Kier molecular flexibility index (Phi) is 5.85. The third-order valence-corrected chi connectivity index (χ3v) is 8.09. The molecule has 5 aromatic rings. The number of amides is 1. The molecule has 0 radical (unpaired) electrons. The Labute approximate surface area is 230 Å². The SMILES string of the molecule is COc1cccc2cc(C(=O)C3=C(O)C(=O)N(c4nc5c(C)cc(C)cc5s4)C3c3cccc(Br)c3)oc12. The van der Waals surface area contributed by atoms with E-state index in [0.717, 1.165) is 25.8 Å². The lowest BCUT2D eigenvalue weighted by Crippen LogP contribution is -2.31. The molecule has 3 heterocycles. The first-order valence-corrected chi connectivity index (χ1v) is 13.4. The summed E-state index contributed by atoms with van der Waals surface area (Å²) >= 11 is 4.83. The largest absolute Gasteiger partial charge is 0.503 e. The van der Waals surface area contributed by atoms with Gasteiger partial charge in [-0.05, 0) is 60.9 Å². The normalized spacial score (nSPS) is 15.7. The number of aliphatic hydroxyl groups is 1. The third-order valence-electron chi connectivity index (χ3n) is 6.59. The second kappa shape index (κ2) is 9.11. The Morgan fingerprint density at radius 1 is 1.13 bits per heavy atom. The van der Waals surface area contributed by atoms with Gasteiger partial charge in [-0.2, -0.15) is 0 Å². The van der Waals surface area contributed by atoms with E-state index < -0.39 is 23.5 Å². The van der Waals surface area contributed by atoms with Crippen LogP contribution in [-0.4, -0.2) is 28.9 Å². The van der Waals surface area contributed by atoms with Gasteiger partial charge in [-0.3, -0.25) is 14.5 Å². The van der Waals surface area contributed by atoms with Gasteiger partial charge in [0.25, 0.3) is 5.91 Å². The van der Waals surface area contributed by atoms with E-state index in [-0.39, 0.29) is 11.3 Å². The fourth-order valence-electron chi connectivity index (χ4n) is 4.93. The van der Waals surface area contributed by atoms with E-state index >= 15 is 0 Å². The number of aromatic nitrogens is 1. The van der Waals surface area contributed by atoms with E-state index in [4.69, 9.17) is 14.1 Å². The summed E-state index contributed by atoms with van der Waals surface area (Å²) in [6.45, 7) is 3.97. The van der Waals surface area contributed by atoms with Gasteiger partial charge >= 0.3 is 0 Å². The van der Waals surface area contributed by atoms with Gasteiger partial charge in [-0.1, -0.05) is 57.6 Å². The molecule has 1 aliphatic heterocycles. The van der Waals surface area contributed by atoms with Crippen LogP contribution in [-0.2, 0) is 4.79 Å². The second-order valence-corrected chi connectivity index (χ2v) is 11.1. The van der Waals surface area contributed by atoms with Crippen molar-refractivity contribution in [1.29, 1.82) is 0 Å². The Morgan fingerprint density at radius 3 is 2.68 bits per heavy atom. The van der Waals surface area contributed by atoms with Crippen molar-refractivity contribution in [2.45, 2.75) is 19.9 Å². The van der Waals surface area contributed by atoms with Gasteiger partial charge in [0.05, 0.1) is 28.9 Å². The van der Waals surface area contributed by atoms with Crippen molar-refractivity contribution in [3.05, 3.63) is 98.9 Å². The number of methoxy groups -OCH3 is 1. The van der Waals surface area contributed by atoms with Crippen LogP contribution in [0.3, 0.4) is 0 Å².